The van der Waals surface area contributed by atoms with Crippen LogP contribution in [0.3, 0.4) is 0 Å². The quantitative estimate of drug-likeness (QED) is 0.597. The molecule has 1 aromatic carbocycles. The number of rotatable bonds is 4. The van der Waals surface area contributed by atoms with E-state index in [2.05, 4.69) is 78.9 Å². The summed E-state index contributed by atoms with van der Waals surface area (Å²) in [6.45, 7) is 7.07. The molecule has 3 aliphatic heterocycles. The van der Waals surface area contributed by atoms with E-state index >= 15 is 0 Å². The molecule has 0 spiro atoms. The Labute approximate surface area is 211 Å². The minimum Gasteiger partial charge on any atom is -0.368 e. The standard InChI is InChI=1S/C26H34N8S/c1-18-11-19-3-4-20(22-14-28-34(16-22)23-5-10-35-17-23)12-21(19)15-33(18)25-13-24(29-26(27)30-25)32-8-6-31(2)7-9-32/h3-4,12-14,16,18,23H,5-11,15,17H2,1-2H3,(H2,27,29,30). The number of thioether (sulfide) groups is 1. The first kappa shape index (κ1) is 22.7. The van der Waals surface area contributed by atoms with Crippen molar-refractivity contribution in [3.8, 4) is 11.1 Å². The molecule has 0 saturated carbocycles. The van der Waals surface area contributed by atoms with Crippen molar-refractivity contribution in [1.82, 2.24) is 24.6 Å². The zero-order chi connectivity index (χ0) is 23.9. The Hall–Kier alpha value is -2.78. The smallest absolute Gasteiger partial charge is 0.223 e. The molecule has 3 aromatic rings. The van der Waals surface area contributed by atoms with E-state index in [1.54, 1.807) is 0 Å². The van der Waals surface area contributed by atoms with Crippen LogP contribution >= 0.6 is 11.8 Å². The predicted octanol–water partition coefficient (Wildman–Crippen LogP) is 3.30. The fourth-order valence-electron chi connectivity index (χ4n) is 5.43. The number of hydrogen-bond acceptors (Lipinski definition) is 8. The van der Waals surface area contributed by atoms with Crippen molar-refractivity contribution in [3.05, 3.63) is 47.8 Å². The fourth-order valence-corrected chi connectivity index (χ4v) is 6.63. The second-order valence-corrected chi connectivity index (χ2v) is 11.3. The fraction of sp³-hybridized carbons (Fsp3) is 0.500. The summed E-state index contributed by atoms with van der Waals surface area (Å²) < 4.78 is 2.16. The van der Waals surface area contributed by atoms with Crippen LogP contribution in [0.4, 0.5) is 17.6 Å². The molecule has 8 nitrogen and oxygen atoms in total. The third kappa shape index (κ3) is 4.59. The Morgan fingerprint density at radius 2 is 1.83 bits per heavy atom. The molecular formula is C26H34N8S. The minimum absolute atomic E-state index is 0.339. The number of piperazine rings is 1. The third-order valence-corrected chi connectivity index (χ3v) is 8.79. The molecule has 35 heavy (non-hydrogen) atoms. The number of anilines is 3. The Morgan fingerprint density at radius 1 is 1.00 bits per heavy atom. The van der Waals surface area contributed by atoms with E-state index in [4.69, 9.17) is 5.73 Å². The van der Waals surface area contributed by atoms with Crippen LogP contribution < -0.4 is 15.5 Å². The predicted molar refractivity (Wildman–Crippen MR) is 144 cm³/mol. The van der Waals surface area contributed by atoms with Gasteiger partial charge in [-0.2, -0.15) is 26.8 Å². The molecule has 184 valence electrons. The van der Waals surface area contributed by atoms with Crippen LogP contribution in [0.15, 0.2) is 36.7 Å². The average molecular weight is 491 g/mol. The number of nitrogens with two attached hydrogens (primary N) is 1. The maximum absolute atomic E-state index is 6.20. The lowest BCUT2D eigenvalue weighted by Gasteiger charge is -2.37. The molecule has 2 N–H and O–H groups in total. The van der Waals surface area contributed by atoms with E-state index in [1.165, 1.54) is 34.4 Å². The second-order valence-electron chi connectivity index (χ2n) is 10.1. The lowest BCUT2D eigenvalue weighted by molar-refractivity contribution is 0.312. The number of fused-ring (bicyclic) bond motifs is 1. The first-order valence-corrected chi connectivity index (χ1v) is 13.8. The van der Waals surface area contributed by atoms with Gasteiger partial charge in [0.15, 0.2) is 0 Å². The summed E-state index contributed by atoms with van der Waals surface area (Å²) in [6.07, 6.45) is 6.43. The largest absolute Gasteiger partial charge is 0.368 e. The van der Waals surface area contributed by atoms with Crippen molar-refractivity contribution in [3.63, 3.8) is 0 Å². The van der Waals surface area contributed by atoms with Crippen molar-refractivity contribution < 1.29 is 0 Å². The lowest BCUT2D eigenvalue weighted by atomic mass is 9.92. The zero-order valence-corrected chi connectivity index (χ0v) is 21.4. The van der Waals surface area contributed by atoms with Gasteiger partial charge in [-0.15, -0.1) is 0 Å². The van der Waals surface area contributed by atoms with Crippen LogP contribution in [-0.2, 0) is 13.0 Å². The van der Waals surface area contributed by atoms with Gasteiger partial charge in [-0.1, -0.05) is 12.1 Å². The number of aromatic nitrogens is 4. The first-order valence-electron chi connectivity index (χ1n) is 12.6. The Bertz CT molecular complexity index is 1200. The zero-order valence-electron chi connectivity index (χ0n) is 20.6. The third-order valence-electron chi connectivity index (χ3n) is 7.65. The maximum atomic E-state index is 6.20. The van der Waals surface area contributed by atoms with Gasteiger partial charge in [0.25, 0.3) is 0 Å². The van der Waals surface area contributed by atoms with Crippen LogP contribution in [0.5, 0.6) is 0 Å². The minimum atomic E-state index is 0.339. The lowest BCUT2D eigenvalue weighted by Crippen LogP contribution is -2.45. The molecule has 6 rings (SSSR count). The van der Waals surface area contributed by atoms with Crippen molar-refractivity contribution in [2.24, 2.45) is 0 Å². The van der Waals surface area contributed by atoms with Crippen molar-refractivity contribution in [1.29, 1.82) is 0 Å². The van der Waals surface area contributed by atoms with E-state index in [9.17, 15) is 0 Å². The van der Waals surface area contributed by atoms with E-state index in [1.807, 2.05) is 18.0 Å². The first-order chi connectivity index (χ1) is 17.0. The van der Waals surface area contributed by atoms with Crippen molar-refractivity contribution in [2.75, 3.05) is 60.3 Å². The van der Waals surface area contributed by atoms with Gasteiger partial charge in [0, 0.05) is 62.3 Å². The molecule has 2 saturated heterocycles. The molecule has 0 amide bonds. The van der Waals surface area contributed by atoms with E-state index in [0.717, 1.165) is 56.5 Å². The number of nitrogens with zero attached hydrogens (tertiary/aromatic N) is 7. The molecule has 9 heteroatoms. The van der Waals surface area contributed by atoms with Crippen molar-refractivity contribution >= 4 is 29.3 Å². The van der Waals surface area contributed by atoms with E-state index < -0.39 is 0 Å². The van der Waals surface area contributed by atoms with Gasteiger partial charge in [-0.25, -0.2) is 0 Å². The summed E-state index contributed by atoms with van der Waals surface area (Å²) in [5.41, 5.74) is 11.4. The molecule has 2 fully saturated rings. The molecule has 0 aliphatic carbocycles. The summed E-state index contributed by atoms with van der Waals surface area (Å²) in [4.78, 5) is 16.3. The average Bonchev–Trinajstić information content (AvgIpc) is 3.56. The van der Waals surface area contributed by atoms with Crippen LogP contribution in [-0.4, -0.2) is 75.4 Å². The van der Waals surface area contributed by atoms with Crippen molar-refractivity contribution in [2.45, 2.75) is 38.4 Å². The molecule has 0 bridgehead atoms. The van der Waals surface area contributed by atoms with Crippen LogP contribution in [0.1, 0.15) is 30.5 Å². The van der Waals surface area contributed by atoms with Gasteiger partial charge >= 0.3 is 0 Å². The Kier molecular flexibility index (Phi) is 6.06. The molecule has 2 atom stereocenters. The maximum Gasteiger partial charge on any atom is 0.223 e. The monoisotopic (exact) mass is 490 g/mol. The highest BCUT2D eigenvalue weighted by Gasteiger charge is 2.27. The number of nitrogen functional groups attached to an aromatic ring is 1. The van der Waals surface area contributed by atoms with Gasteiger partial charge in [-0.3, -0.25) is 4.68 Å². The molecule has 0 radical (unpaired) electrons. The number of likely N-dealkylation sites (N-methyl/N-ethyl adjacent to an activating group) is 1. The van der Waals surface area contributed by atoms with Crippen LogP contribution in [0.25, 0.3) is 11.1 Å². The summed E-state index contributed by atoms with van der Waals surface area (Å²) in [7, 11) is 2.16. The van der Waals surface area contributed by atoms with E-state index in [0.29, 0.717) is 18.0 Å². The normalized spacial score (nSPS) is 23.0. The summed E-state index contributed by atoms with van der Waals surface area (Å²) in [5, 5.41) is 4.68. The number of benzene rings is 1. The van der Waals surface area contributed by atoms with Crippen LogP contribution in [0.2, 0.25) is 0 Å². The highest BCUT2D eigenvalue weighted by atomic mass is 32.2. The van der Waals surface area contributed by atoms with Gasteiger partial charge in [0.1, 0.15) is 11.6 Å². The van der Waals surface area contributed by atoms with E-state index in [-0.39, 0.29) is 0 Å². The summed E-state index contributed by atoms with van der Waals surface area (Å²) in [6, 6.07) is 9.87. The highest BCUT2D eigenvalue weighted by Crippen LogP contribution is 2.33. The topological polar surface area (TPSA) is 79.3 Å². The van der Waals surface area contributed by atoms with Gasteiger partial charge in [0.05, 0.1) is 12.2 Å². The summed E-state index contributed by atoms with van der Waals surface area (Å²) in [5.74, 6) is 4.60. The summed E-state index contributed by atoms with van der Waals surface area (Å²) >= 11 is 2.02. The SMILES string of the molecule is CC1Cc2ccc(-c3cnn(C4CCSC4)c3)cc2CN1c1cc(N2CCN(C)CC2)nc(N)n1. The van der Waals surface area contributed by atoms with Crippen LogP contribution in [0, 0.1) is 0 Å². The Balaban J connectivity index is 1.26. The van der Waals surface area contributed by atoms with Gasteiger partial charge in [0.2, 0.25) is 5.95 Å². The molecule has 2 aromatic heterocycles. The number of hydrogen-bond donors (Lipinski definition) is 1. The Morgan fingerprint density at radius 3 is 2.63 bits per heavy atom. The molecule has 3 aliphatic rings. The second kappa shape index (κ2) is 9.35. The molecule has 5 heterocycles. The highest BCUT2D eigenvalue weighted by molar-refractivity contribution is 7.99. The molecular weight excluding hydrogens is 456 g/mol. The molecule has 2 unspecified atom stereocenters. The van der Waals surface area contributed by atoms with Gasteiger partial charge in [-0.05, 0) is 55.3 Å². The van der Waals surface area contributed by atoms with Gasteiger partial charge < -0.3 is 20.4 Å².